The van der Waals surface area contributed by atoms with Crippen molar-refractivity contribution < 1.29 is 4.79 Å². The van der Waals surface area contributed by atoms with Gasteiger partial charge in [0.25, 0.3) is 0 Å². The molecule has 0 aliphatic heterocycles. The second-order valence-electron chi connectivity index (χ2n) is 3.94. The van der Waals surface area contributed by atoms with Crippen molar-refractivity contribution in [1.29, 1.82) is 0 Å². The Bertz CT molecular complexity index is 136. The average Bonchev–Trinajstić information content (AvgIpc) is 1.80. The second-order valence-corrected chi connectivity index (χ2v) is 3.94. The van der Waals surface area contributed by atoms with Gasteiger partial charge < -0.3 is 11.1 Å². The zero-order chi connectivity index (χ0) is 9.07. The van der Waals surface area contributed by atoms with Crippen molar-refractivity contribution >= 4 is 5.91 Å². The molecule has 0 aliphatic carbocycles. The Hall–Kier alpha value is -0.570. The highest BCUT2D eigenvalue weighted by molar-refractivity contribution is 5.81. The van der Waals surface area contributed by atoms with E-state index in [4.69, 9.17) is 5.73 Å². The Morgan fingerprint density at radius 2 is 2.00 bits per heavy atom. The molecule has 3 N–H and O–H groups in total. The van der Waals surface area contributed by atoms with Gasteiger partial charge in [-0.1, -0.05) is 20.8 Å². The Morgan fingerprint density at radius 1 is 1.55 bits per heavy atom. The van der Waals surface area contributed by atoms with Crippen molar-refractivity contribution in [2.75, 3.05) is 6.54 Å². The number of nitrogens with two attached hydrogens (primary N) is 1. The number of nitrogens with one attached hydrogen (secondary N) is 1. The van der Waals surface area contributed by atoms with Crippen LogP contribution in [0.15, 0.2) is 0 Å². The van der Waals surface area contributed by atoms with Crippen molar-refractivity contribution in [2.45, 2.75) is 33.7 Å². The third kappa shape index (κ3) is 4.79. The van der Waals surface area contributed by atoms with Crippen molar-refractivity contribution in [2.24, 2.45) is 11.1 Å². The maximum atomic E-state index is 11.2. The quantitative estimate of drug-likeness (QED) is 0.614. The molecule has 0 fully saturated rings. The predicted molar refractivity (Wildman–Crippen MR) is 46.1 cm³/mol. The summed E-state index contributed by atoms with van der Waals surface area (Å²) >= 11 is 0. The van der Waals surface area contributed by atoms with Crippen molar-refractivity contribution in [1.82, 2.24) is 5.32 Å². The first-order valence-corrected chi connectivity index (χ1v) is 3.88. The van der Waals surface area contributed by atoms with E-state index < -0.39 is 0 Å². The van der Waals surface area contributed by atoms with Crippen LogP contribution < -0.4 is 11.1 Å². The van der Waals surface area contributed by atoms with Crippen LogP contribution in [-0.2, 0) is 4.79 Å². The summed E-state index contributed by atoms with van der Waals surface area (Å²) in [4.78, 5) is 11.2. The molecule has 3 heteroatoms. The summed E-state index contributed by atoms with van der Waals surface area (Å²) in [5.41, 5.74) is 5.16. The van der Waals surface area contributed by atoms with Crippen LogP contribution in [0, 0.1) is 5.41 Å². The molecule has 1 unspecified atom stereocenters. The Balaban J connectivity index is 3.71. The lowest BCUT2D eigenvalue weighted by molar-refractivity contribution is -0.128. The first kappa shape index (κ1) is 10.4. The summed E-state index contributed by atoms with van der Waals surface area (Å²) in [5, 5.41) is 2.76. The van der Waals surface area contributed by atoms with Crippen LogP contribution in [0.2, 0.25) is 0 Å². The van der Waals surface area contributed by atoms with Gasteiger partial charge in [-0.3, -0.25) is 4.79 Å². The fourth-order valence-corrected chi connectivity index (χ4v) is 0.519. The molecule has 1 atom stereocenters. The second kappa shape index (κ2) is 3.72. The van der Waals surface area contributed by atoms with Crippen molar-refractivity contribution in [3.63, 3.8) is 0 Å². The minimum atomic E-state index is -0.311. The molecular weight excluding hydrogens is 140 g/mol. The summed E-state index contributed by atoms with van der Waals surface area (Å²) in [6, 6.07) is 0.0290. The van der Waals surface area contributed by atoms with E-state index >= 15 is 0 Å². The summed E-state index contributed by atoms with van der Waals surface area (Å²) in [6.07, 6.45) is 0. The summed E-state index contributed by atoms with van der Waals surface area (Å²) in [6.45, 7) is 8.05. The van der Waals surface area contributed by atoms with Gasteiger partial charge in [-0.05, 0) is 6.92 Å². The van der Waals surface area contributed by atoms with Crippen LogP contribution in [-0.4, -0.2) is 18.5 Å². The highest BCUT2D eigenvalue weighted by Crippen LogP contribution is 2.11. The normalized spacial score (nSPS) is 14.3. The predicted octanol–water partition coefficient (Wildman–Crippen LogP) is 0.496. The number of amides is 1. The van der Waals surface area contributed by atoms with E-state index in [1.54, 1.807) is 0 Å². The van der Waals surface area contributed by atoms with Gasteiger partial charge in [0.1, 0.15) is 0 Å². The first-order chi connectivity index (χ1) is 4.84. The molecule has 0 aromatic carbocycles. The van der Waals surface area contributed by atoms with Crippen molar-refractivity contribution in [3.8, 4) is 0 Å². The molecule has 0 bridgehead atoms. The average molecular weight is 158 g/mol. The first-order valence-electron chi connectivity index (χ1n) is 3.88. The molecular formula is C8H18N2O. The van der Waals surface area contributed by atoms with E-state index in [1.165, 1.54) is 0 Å². The van der Waals surface area contributed by atoms with Gasteiger partial charge in [-0.15, -0.1) is 0 Å². The number of carbonyl (C=O) groups is 1. The van der Waals surface area contributed by atoms with E-state index in [0.717, 1.165) is 0 Å². The lowest BCUT2D eigenvalue weighted by atomic mass is 9.96. The standard InChI is InChI=1S/C8H18N2O/c1-6(9)5-10-7(11)8(2,3)4/h6H,5,9H2,1-4H3,(H,10,11). The molecule has 0 aromatic heterocycles. The smallest absolute Gasteiger partial charge is 0.225 e. The summed E-state index contributed by atoms with van der Waals surface area (Å²) < 4.78 is 0. The number of hydrogen-bond donors (Lipinski definition) is 2. The van der Waals surface area contributed by atoms with E-state index in [0.29, 0.717) is 6.54 Å². The third-order valence-electron chi connectivity index (χ3n) is 1.27. The molecule has 11 heavy (non-hydrogen) atoms. The van der Waals surface area contributed by atoms with Gasteiger partial charge in [0.05, 0.1) is 0 Å². The molecule has 0 aliphatic rings. The largest absolute Gasteiger partial charge is 0.354 e. The Morgan fingerprint density at radius 3 is 2.27 bits per heavy atom. The third-order valence-corrected chi connectivity index (χ3v) is 1.27. The van der Waals surface area contributed by atoms with E-state index in [1.807, 2.05) is 27.7 Å². The van der Waals surface area contributed by atoms with Gasteiger partial charge in [0.2, 0.25) is 5.91 Å². The summed E-state index contributed by atoms with van der Waals surface area (Å²) in [5.74, 6) is 0.0507. The van der Waals surface area contributed by atoms with Crippen LogP contribution in [0.4, 0.5) is 0 Å². The monoisotopic (exact) mass is 158 g/mol. The molecule has 66 valence electrons. The molecule has 0 radical (unpaired) electrons. The summed E-state index contributed by atoms with van der Waals surface area (Å²) in [7, 11) is 0. The number of hydrogen-bond acceptors (Lipinski definition) is 2. The van der Waals surface area contributed by atoms with Crippen LogP contribution in [0.1, 0.15) is 27.7 Å². The van der Waals surface area contributed by atoms with Gasteiger partial charge in [-0.2, -0.15) is 0 Å². The molecule has 0 saturated carbocycles. The number of carbonyl (C=O) groups excluding carboxylic acids is 1. The van der Waals surface area contributed by atoms with Crippen LogP contribution in [0.25, 0.3) is 0 Å². The molecule has 0 saturated heterocycles. The minimum Gasteiger partial charge on any atom is -0.354 e. The topological polar surface area (TPSA) is 55.1 Å². The van der Waals surface area contributed by atoms with Crippen molar-refractivity contribution in [3.05, 3.63) is 0 Å². The van der Waals surface area contributed by atoms with E-state index in [-0.39, 0.29) is 17.4 Å². The lowest BCUT2D eigenvalue weighted by Gasteiger charge is -2.18. The highest BCUT2D eigenvalue weighted by Gasteiger charge is 2.20. The lowest BCUT2D eigenvalue weighted by Crippen LogP contribution is -2.40. The van der Waals surface area contributed by atoms with Gasteiger partial charge in [0, 0.05) is 18.0 Å². The molecule has 0 rings (SSSR count). The van der Waals surface area contributed by atoms with E-state index in [9.17, 15) is 4.79 Å². The SMILES string of the molecule is CC(N)CNC(=O)C(C)(C)C. The Labute approximate surface area is 68.3 Å². The van der Waals surface area contributed by atoms with Crippen LogP contribution in [0.3, 0.4) is 0 Å². The minimum absolute atomic E-state index is 0.0290. The van der Waals surface area contributed by atoms with Crippen LogP contribution >= 0.6 is 0 Å². The molecule has 0 spiro atoms. The number of rotatable bonds is 2. The zero-order valence-electron chi connectivity index (χ0n) is 7.77. The fraction of sp³-hybridized carbons (Fsp3) is 0.875. The van der Waals surface area contributed by atoms with E-state index in [2.05, 4.69) is 5.32 Å². The molecule has 3 nitrogen and oxygen atoms in total. The van der Waals surface area contributed by atoms with Crippen LogP contribution in [0.5, 0.6) is 0 Å². The molecule has 0 heterocycles. The molecule has 0 aromatic rings. The maximum absolute atomic E-state index is 11.2. The zero-order valence-corrected chi connectivity index (χ0v) is 7.77. The van der Waals surface area contributed by atoms with Gasteiger partial charge in [0.15, 0.2) is 0 Å². The fourth-order valence-electron chi connectivity index (χ4n) is 0.519. The Kier molecular flexibility index (Phi) is 3.52. The molecule has 1 amide bonds. The maximum Gasteiger partial charge on any atom is 0.225 e. The highest BCUT2D eigenvalue weighted by atomic mass is 16.2. The van der Waals surface area contributed by atoms with Gasteiger partial charge in [-0.25, -0.2) is 0 Å². The van der Waals surface area contributed by atoms with Gasteiger partial charge >= 0.3 is 0 Å².